The van der Waals surface area contributed by atoms with Crippen LogP contribution in [0.2, 0.25) is 10.0 Å². The van der Waals surface area contributed by atoms with E-state index < -0.39 is 0 Å². The van der Waals surface area contributed by atoms with Gasteiger partial charge in [-0.15, -0.1) is 0 Å². The molecule has 0 spiro atoms. The Kier molecular flexibility index (Phi) is 34.3. The van der Waals surface area contributed by atoms with Crippen LogP contribution < -0.4 is 9.47 Å². The number of hydrogen-bond acceptors (Lipinski definition) is 14. The largest absolute Gasteiger partial charge is 0.481 e. The summed E-state index contributed by atoms with van der Waals surface area (Å²) in [6, 6.07) is 51.0. The van der Waals surface area contributed by atoms with Crippen molar-refractivity contribution in [3.8, 4) is 35.0 Å². The van der Waals surface area contributed by atoms with E-state index in [1.54, 1.807) is 58.9 Å². The summed E-state index contributed by atoms with van der Waals surface area (Å²) in [5, 5.41) is 19.2. The molecule has 11 heterocycles. The van der Waals surface area contributed by atoms with Crippen LogP contribution in [0, 0.1) is 143 Å². The van der Waals surface area contributed by atoms with E-state index in [9.17, 15) is 0 Å². The summed E-state index contributed by atoms with van der Waals surface area (Å²) >= 11 is 24.7. The molecule has 0 radical (unpaired) electrons. The lowest BCUT2D eigenvalue weighted by Gasteiger charge is -2.12. The monoisotopic (exact) mass is 1800 g/mol. The second-order valence-corrected chi connectivity index (χ2v) is 30.6. The molecular formula is C91H90Br4Cl2N14O2. The van der Waals surface area contributed by atoms with Crippen LogP contribution >= 0.6 is 86.9 Å². The van der Waals surface area contributed by atoms with Gasteiger partial charge in [0, 0.05) is 107 Å². The lowest BCUT2D eigenvalue weighted by molar-refractivity contribution is 0.362. The molecule has 0 atom stereocenters. The van der Waals surface area contributed by atoms with E-state index in [2.05, 4.69) is 247 Å². The van der Waals surface area contributed by atoms with E-state index >= 15 is 0 Å². The molecule has 4 aromatic carbocycles. The van der Waals surface area contributed by atoms with Crippen molar-refractivity contribution in [1.82, 2.24) is 59.6 Å². The zero-order valence-corrected chi connectivity index (χ0v) is 75.0. The third-order valence-corrected chi connectivity index (χ3v) is 21.7. The first-order valence-electron chi connectivity index (χ1n) is 35.8. The minimum Gasteiger partial charge on any atom is -0.481 e. The lowest BCUT2D eigenvalue weighted by Crippen LogP contribution is -2.03. The maximum atomic E-state index is 8.64. The van der Waals surface area contributed by atoms with Crippen molar-refractivity contribution >= 4 is 136 Å². The molecule has 15 aromatic rings. The molecule has 0 amide bonds. The van der Waals surface area contributed by atoms with Gasteiger partial charge < -0.3 is 9.47 Å². The molecule has 0 aliphatic rings. The Morgan fingerprint density at radius 2 is 0.973 bits per heavy atom. The maximum Gasteiger partial charge on any atom is 0.219 e. The number of methoxy groups -OCH3 is 2. The van der Waals surface area contributed by atoms with Crippen molar-refractivity contribution in [2.24, 2.45) is 0 Å². The topological polar surface area (TPSA) is 193 Å². The van der Waals surface area contributed by atoms with Gasteiger partial charge in [0.05, 0.1) is 87.3 Å². The lowest BCUT2D eigenvalue weighted by atomic mass is 10.00. The van der Waals surface area contributed by atoms with Crippen molar-refractivity contribution in [3.05, 3.63) is 329 Å². The number of pyridine rings is 10. The summed E-state index contributed by atoms with van der Waals surface area (Å²) in [5.41, 5.74) is 27.0. The van der Waals surface area contributed by atoms with Crippen molar-refractivity contribution in [2.75, 3.05) is 14.2 Å². The van der Waals surface area contributed by atoms with Gasteiger partial charge in [-0.2, -0.15) is 15.3 Å². The minimum absolute atomic E-state index is 0.478. The summed E-state index contributed by atoms with van der Waals surface area (Å²) < 4.78 is 15.9. The number of benzene rings is 4. The van der Waals surface area contributed by atoms with Gasteiger partial charge in [0.25, 0.3) is 0 Å². The van der Waals surface area contributed by atoms with E-state index in [0.717, 1.165) is 108 Å². The molecule has 0 fully saturated rings. The number of ether oxygens (including phenoxy) is 2. The fourth-order valence-electron chi connectivity index (χ4n) is 11.2. The Hall–Kier alpha value is -10.3. The summed E-state index contributed by atoms with van der Waals surface area (Å²) in [6.07, 6.45) is 10.0. The fraction of sp³-hybridized carbons (Fsp3) is 0.220. The molecule has 0 N–H and O–H groups in total. The molecule has 0 saturated carbocycles. The molecule has 578 valence electrons. The highest BCUT2D eigenvalue weighted by Crippen LogP contribution is 2.32. The van der Waals surface area contributed by atoms with Crippen LogP contribution in [0.3, 0.4) is 0 Å². The second-order valence-electron chi connectivity index (χ2n) is 26.3. The Labute approximate surface area is 707 Å². The Balaban J connectivity index is 0.000000180. The number of hydrogen-bond donors (Lipinski definition) is 0. The fourth-order valence-corrected chi connectivity index (χ4v) is 13.5. The molecule has 0 aliphatic carbocycles. The third kappa shape index (κ3) is 24.6. The van der Waals surface area contributed by atoms with Gasteiger partial charge in [-0.05, 0) is 310 Å². The molecule has 113 heavy (non-hydrogen) atoms. The van der Waals surface area contributed by atoms with Gasteiger partial charge in [-0.25, -0.2) is 34.4 Å². The zero-order chi connectivity index (χ0) is 82.9. The number of aromatic nitrogens is 12. The molecule has 11 aromatic heterocycles. The highest BCUT2D eigenvalue weighted by Gasteiger charge is 2.15. The van der Waals surface area contributed by atoms with E-state index in [-0.39, 0.29) is 0 Å². The molecule has 0 saturated heterocycles. The predicted octanol–water partition coefficient (Wildman–Crippen LogP) is 25.9. The predicted molar refractivity (Wildman–Crippen MR) is 479 cm³/mol. The van der Waals surface area contributed by atoms with Crippen LogP contribution in [0.15, 0.2) is 201 Å². The highest BCUT2D eigenvalue weighted by molar-refractivity contribution is 9.11. The van der Waals surface area contributed by atoms with Crippen LogP contribution in [0.1, 0.15) is 106 Å². The summed E-state index contributed by atoms with van der Waals surface area (Å²) in [7, 11) is 3.17. The Morgan fingerprint density at radius 1 is 0.434 bits per heavy atom. The van der Waals surface area contributed by atoms with Gasteiger partial charge >= 0.3 is 0 Å². The van der Waals surface area contributed by atoms with E-state index in [1.807, 2.05) is 134 Å². The van der Waals surface area contributed by atoms with Crippen LogP contribution in [-0.4, -0.2) is 73.8 Å². The summed E-state index contributed by atoms with van der Waals surface area (Å²) in [5.74, 6) is 2.11. The van der Waals surface area contributed by atoms with E-state index in [4.69, 9.17) is 54.5 Å². The van der Waals surface area contributed by atoms with Crippen molar-refractivity contribution < 1.29 is 9.47 Å². The molecule has 15 rings (SSSR count). The van der Waals surface area contributed by atoms with Gasteiger partial charge in [0.1, 0.15) is 4.60 Å². The number of rotatable bonds is 4. The Morgan fingerprint density at radius 3 is 1.48 bits per heavy atom. The number of nitriles is 1. The van der Waals surface area contributed by atoms with Gasteiger partial charge in [0.15, 0.2) is 5.82 Å². The quantitative estimate of drug-likeness (QED) is 0.0917. The second kappa shape index (κ2) is 43.1. The van der Waals surface area contributed by atoms with Gasteiger partial charge in [-0.3, -0.25) is 19.9 Å². The number of fused-ring (bicyclic) bond motifs is 4. The van der Waals surface area contributed by atoms with E-state index in [1.165, 1.54) is 72.2 Å². The van der Waals surface area contributed by atoms with Crippen LogP contribution in [0.5, 0.6) is 11.8 Å². The molecule has 16 nitrogen and oxygen atoms in total. The first-order valence-corrected chi connectivity index (χ1v) is 39.7. The molecule has 0 unspecified atom stereocenters. The van der Waals surface area contributed by atoms with Crippen molar-refractivity contribution in [1.29, 1.82) is 5.26 Å². The SMILES string of the molecule is COc1ccc(C)c(OC)n1.Cc1c(-c2cc(C)c3ccccc3n2)nc2ccccc2c1C.Cc1c(Cl)cncc1Cl.Cc1c2ccccc2nc2ccccc12.Cc1cc(Br)cnc1C.Cc1cc(C)n(-c2ncccc2C)n1.Cc1nc(Br)c(C)c(C)c1C.Cc1ncc(Br)cc1Br.[C-]#[N+]c1c(C)ncc(C#N)c1C. The van der Waals surface area contributed by atoms with Gasteiger partial charge in [0.2, 0.25) is 17.4 Å². The minimum atomic E-state index is 0.478. The number of nitrogens with zero attached hydrogens (tertiary/aromatic N) is 14. The average molecular weight is 1800 g/mol. The first-order chi connectivity index (χ1) is 53.8. The Bertz CT molecular complexity index is 5790. The molecule has 22 heteroatoms. The number of aryl methyl sites for hydroxylation is 12. The van der Waals surface area contributed by atoms with E-state index in [0.29, 0.717) is 38.8 Å². The summed E-state index contributed by atoms with van der Waals surface area (Å²) in [4.78, 5) is 46.4. The zero-order valence-electron chi connectivity index (χ0n) is 67.2. The molecule has 0 bridgehead atoms. The highest BCUT2D eigenvalue weighted by atomic mass is 79.9. The smallest absolute Gasteiger partial charge is 0.219 e. The summed E-state index contributed by atoms with van der Waals surface area (Å²) in [6.45, 7) is 43.2. The van der Waals surface area contributed by atoms with Crippen LogP contribution in [-0.2, 0) is 0 Å². The normalized spacial score (nSPS) is 10.2. The van der Waals surface area contributed by atoms with Gasteiger partial charge in [-0.1, -0.05) is 102 Å². The molecular weight excluding hydrogens is 1710 g/mol. The maximum absolute atomic E-state index is 8.64. The third-order valence-electron chi connectivity index (χ3n) is 18.5. The standard InChI is InChI=1S/C21H18N2.C14H11N.C11H13N3.C9H12BrN.C9H7N3.C8H11NO2.C7H8BrN.C6H5Br2N.C6H5Cl2N/c1-13-12-20(22-18-10-6-4-8-16(13)18)21-15(3)14(2)17-9-5-7-11-19(17)23-21;1-10-11-6-2-4-8-13(11)15-14-9-5-3-7-12(10)14;1-8-5-4-6-12-11(8)14-10(3)7-9(2)13-14;1-5-6(2)8(4)11-9(10)7(5)3;1-6-8(4-10)5-12-7(2)9(6)11-3;1-6-4-5-7(10-2)9-8(6)11-3;1-5-3-7(8)4-9-6(5)2;1-4-6(8)2-5(7)3-9-4;1-4-5(7)2-9-3-6(4)8/h4-12H,1-3H3;2-9H,1H3;4-7H,1-3H3;1-4H3;5H,1-2H3;4-5H,1-3H3;3-4H,1-2H3;2*2-3H,1H3. The van der Waals surface area contributed by atoms with Crippen molar-refractivity contribution in [2.45, 2.75) is 125 Å². The first kappa shape index (κ1) is 89.9. The number of halogens is 6. The number of para-hydroxylation sites is 4. The molecule has 0 aliphatic heterocycles. The van der Waals surface area contributed by atoms with Crippen LogP contribution in [0.25, 0.3) is 65.7 Å². The van der Waals surface area contributed by atoms with Crippen molar-refractivity contribution in [3.63, 3.8) is 0 Å². The average Bonchev–Trinajstić information content (AvgIpc) is 1.35. The van der Waals surface area contributed by atoms with Crippen LogP contribution in [0.4, 0.5) is 5.69 Å².